The van der Waals surface area contributed by atoms with Crippen molar-refractivity contribution in [3.63, 3.8) is 0 Å². The van der Waals surface area contributed by atoms with Crippen molar-refractivity contribution in [1.82, 2.24) is 15.0 Å². The normalized spacial score (nSPS) is 10.0. The van der Waals surface area contributed by atoms with Crippen molar-refractivity contribution in [1.29, 1.82) is 5.26 Å². The second kappa shape index (κ2) is 5.80. The fraction of sp³-hybridized carbons (Fsp3) is 0.667. The second-order valence-electron chi connectivity index (χ2n) is 3.41. The molecule has 0 unspecified atom stereocenters. The van der Waals surface area contributed by atoms with Gasteiger partial charge in [-0.25, -0.2) is 0 Å². The number of nitro groups is 1. The van der Waals surface area contributed by atoms with Gasteiger partial charge in [-0.15, -0.1) is 4.68 Å². The molecule has 0 aliphatic rings. The Hall–Kier alpha value is -1.97. The number of hydrogen-bond acceptors (Lipinski definition) is 5. The highest BCUT2D eigenvalue weighted by molar-refractivity contribution is 5.36. The first kappa shape index (κ1) is 12.1. The summed E-state index contributed by atoms with van der Waals surface area (Å²) in [4.78, 5) is 10.1. The van der Waals surface area contributed by atoms with Crippen LogP contribution in [0.3, 0.4) is 0 Å². The van der Waals surface area contributed by atoms with Crippen LogP contribution in [0.1, 0.15) is 38.3 Å². The summed E-state index contributed by atoms with van der Waals surface area (Å²) in [6.07, 6.45) is 3.99. The van der Waals surface area contributed by atoms with Gasteiger partial charge in [0.15, 0.2) is 0 Å². The maximum Gasteiger partial charge on any atom is 0.383 e. The molecule has 0 atom stereocenters. The maximum absolute atomic E-state index is 10.7. The Kier molecular flexibility index (Phi) is 4.39. The van der Waals surface area contributed by atoms with Gasteiger partial charge in [0.05, 0.1) is 0 Å². The summed E-state index contributed by atoms with van der Waals surface area (Å²) in [5.74, 6) is -0.306. The molecule has 0 aliphatic heterocycles. The average Bonchev–Trinajstić information content (AvgIpc) is 2.67. The van der Waals surface area contributed by atoms with E-state index < -0.39 is 4.92 Å². The molecule has 0 saturated heterocycles. The summed E-state index contributed by atoms with van der Waals surface area (Å²) in [5, 5.41) is 26.4. The molecule has 0 bridgehead atoms. The highest BCUT2D eigenvalue weighted by atomic mass is 16.6. The molecule has 0 amide bonds. The zero-order valence-electron chi connectivity index (χ0n) is 9.09. The van der Waals surface area contributed by atoms with E-state index in [4.69, 9.17) is 5.26 Å². The third-order valence-electron chi connectivity index (χ3n) is 2.21. The summed E-state index contributed by atoms with van der Waals surface area (Å²) in [6.45, 7) is 2.52. The number of aryl methyl sites for hydroxylation is 1. The first-order valence-electron chi connectivity index (χ1n) is 5.18. The van der Waals surface area contributed by atoms with Crippen LogP contribution < -0.4 is 0 Å². The van der Waals surface area contributed by atoms with Gasteiger partial charge >= 0.3 is 5.82 Å². The van der Waals surface area contributed by atoms with Crippen LogP contribution in [-0.4, -0.2) is 19.9 Å². The topological polar surface area (TPSA) is 97.6 Å². The second-order valence-corrected chi connectivity index (χ2v) is 3.41. The van der Waals surface area contributed by atoms with Crippen molar-refractivity contribution in [2.75, 3.05) is 0 Å². The number of hydrogen-bond donors (Lipinski definition) is 0. The van der Waals surface area contributed by atoms with E-state index in [1.54, 1.807) is 6.07 Å². The molecule has 0 fully saturated rings. The molecule has 86 valence electrons. The first-order chi connectivity index (χ1) is 7.70. The molecule has 1 heterocycles. The fourth-order valence-corrected chi connectivity index (χ4v) is 1.40. The molecular weight excluding hydrogens is 210 g/mol. The Balaban J connectivity index is 2.70. The predicted molar refractivity (Wildman–Crippen MR) is 55.5 cm³/mol. The van der Waals surface area contributed by atoms with Crippen molar-refractivity contribution in [2.45, 2.75) is 39.2 Å². The minimum absolute atomic E-state index is 0.222. The summed E-state index contributed by atoms with van der Waals surface area (Å²) in [7, 11) is 0. The molecule has 1 rings (SSSR count). The van der Waals surface area contributed by atoms with Crippen LogP contribution in [0.2, 0.25) is 0 Å². The molecule has 0 radical (unpaired) electrons. The van der Waals surface area contributed by atoms with E-state index in [2.05, 4.69) is 17.2 Å². The minimum Gasteiger partial charge on any atom is -0.358 e. The Labute approximate surface area is 92.8 Å². The van der Waals surface area contributed by atoms with Crippen molar-refractivity contribution in [3.8, 4) is 6.07 Å². The van der Waals surface area contributed by atoms with E-state index in [0.29, 0.717) is 6.54 Å². The largest absolute Gasteiger partial charge is 0.383 e. The van der Waals surface area contributed by atoms with Crippen LogP contribution >= 0.6 is 0 Å². The van der Waals surface area contributed by atoms with Crippen LogP contribution in [-0.2, 0) is 6.54 Å². The summed E-state index contributed by atoms with van der Waals surface area (Å²) >= 11 is 0. The van der Waals surface area contributed by atoms with Gasteiger partial charge in [-0.05, 0) is 17.8 Å². The molecule has 0 saturated carbocycles. The lowest BCUT2D eigenvalue weighted by Crippen LogP contribution is -2.05. The number of nitrogens with zero attached hydrogens (tertiary/aromatic N) is 5. The van der Waals surface area contributed by atoms with Crippen LogP contribution in [0.25, 0.3) is 0 Å². The van der Waals surface area contributed by atoms with Crippen molar-refractivity contribution in [2.24, 2.45) is 0 Å². The summed E-state index contributed by atoms with van der Waals surface area (Å²) in [6, 6.07) is 1.66. The third kappa shape index (κ3) is 2.76. The van der Waals surface area contributed by atoms with E-state index in [9.17, 15) is 10.1 Å². The molecule has 0 N–H and O–H groups in total. The smallest absolute Gasteiger partial charge is 0.358 e. The molecule has 16 heavy (non-hydrogen) atoms. The SMILES string of the molecule is CCCCCCn1nnc(C#N)c1[N+](=O)[O-]. The Morgan fingerprint density at radius 3 is 2.81 bits per heavy atom. The fourth-order valence-electron chi connectivity index (χ4n) is 1.40. The van der Waals surface area contributed by atoms with Crippen molar-refractivity contribution < 1.29 is 4.92 Å². The number of rotatable bonds is 6. The molecule has 1 aromatic heterocycles. The molecule has 0 spiro atoms. The minimum atomic E-state index is -0.613. The third-order valence-corrected chi connectivity index (χ3v) is 2.21. The van der Waals surface area contributed by atoms with Crippen molar-refractivity contribution in [3.05, 3.63) is 15.8 Å². The monoisotopic (exact) mass is 223 g/mol. The van der Waals surface area contributed by atoms with Gasteiger partial charge in [0, 0.05) is 5.21 Å². The van der Waals surface area contributed by atoms with E-state index in [0.717, 1.165) is 25.7 Å². The molecule has 0 aliphatic carbocycles. The lowest BCUT2D eigenvalue weighted by Gasteiger charge is -1.98. The van der Waals surface area contributed by atoms with Gasteiger partial charge in [-0.2, -0.15) is 5.26 Å². The van der Waals surface area contributed by atoms with Crippen molar-refractivity contribution >= 4 is 5.82 Å². The molecular formula is C9H13N5O2. The lowest BCUT2D eigenvalue weighted by atomic mass is 10.2. The summed E-state index contributed by atoms with van der Waals surface area (Å²) < 4.78 is 1.19. The van der Waals surface area contributed by atoms with E-state index in [-0.39, 0.29) is 11.5 Å². The van der Waals surface area contributed by atoms with Gasteiger partial charge in [0.25, 0.3) is 5.69 Å². The first-order valence-corrected chi connectivity index (χ1v) is 5.18. The zero-order valence-corrected chi connectivity index (χ0v) is 9.09. The van der Waals surface area contributed by atoms with Crippen LogP contribution in [0.15, 0.2) is 0 Å². The van der Waals surface area contributed by atoms with Crippen LogP contribution in [0.4, 0.5) is 5.82 Å². The van der Waals surface area contributed by atoms with Crippen LogP contribution in [0.5, 0.6) is 0 Å². The predicted octanol–water partition coefficient (Wildman–Crippen LogP) is 1.64. The zero-order chi connectivity index (χ0) is 12.0. The molecule has 0 aromatic carbocycles. The maximum atomic E-state index is 10.7. The highest BCUT2D eigenvalue weighted by Crippen LogP contribution is 2.15. The standard InChI is InChI=1S/C9H13N5O2/c1-2-3-4-5-6-13-9(14(15)16)8(7-10)11-12-13/h2-6H2,1H3. The number of aromatic nitrogens is 3. The Morgan fingerprint density at radius 1 is 1.50 bits per heavy atom. The van der Waals surface area contributed by atoms with E-state index in [1.807, 2.05) is 0 Å². The Bertz CT molecular complexity index is 407. The van der Waals surface area contributed by atoms with Gasteiger partial charge in [0.2, 0.25) is 0 Å². The van der Waals surface area contributed by atoms with E-state index in [1.165, 1.54) is 4.68 Å². The highest BCUT2D eigenvalue weighted by Gasteiger charge is 2.23. The molecule has 7 nitrogen and oxygen atoms in total. The van der Waals surface area contributed by atoms with Gasteiger partial charge in [-0.3, -0.25) is 0 Å². The number of unbranched alkanes of at least 4 members (excludes halogenated alkanes) is 3. The summed E-state index contributed by atoms with van der Waals surface area (Å²) in [5.41, 5.74) is -0.222. The Morgan fingerprint density at radius 2 is 2.25 bits per heavy atom. The van der Waals surface area contributed by atoms with Gasteiger partial charge < -0.3 is 10.1 Å². The average molecular weight is 223 g/mol. The molecule has 1 aromatic rings. The number of nitriles is 1. The molecule has 7 heteroatoms. The van der Waals surface area contributed by atoms with Gasteiger partial charge in [-0.1, -0.05) is 24.9 Å². The lowest BCUT2D eigenvalue weighted by molar-refractivity contribution is -0.393. The van der Waals surface area contributed by atoms with E-state index >= 15 is 0 Å². The van der Waals surface area contributed by atoms with Gasteiger partial charge in [0.1, 0.15) is 12.6 Å². The quantitative estimate of drug-likeness (QED) is 0.414. The van der Waals surface area contributed by atoms with Crippen LogP contribution in [0, 0.1) is 21.4 Å².